The molecule has 1 atom stereocenters. The number of aromatic nitrogens is 2. The van der Waals surface area contributed by atoms with Gasteiger partial charge in [0.05, 0.1) is 31.0 Å². The number of hydrogen-bond donors (Lipinski definition) is 2. The molecule has 7 nitrogen and oxygen atoms in total. The zero-order valence-corrected chi connectivity index (χ0v) is 15.7. The highest BCUT2D eigenvalue weighted by Gasteiger charge is 2.17. The lowest BCUT2D eigenvalue weighted by Gasteiger charge is -2.15. The van der Waals surface area contributed by atoms with Crippen molar-refractivity contribution in [1.29, 1.82) is 0 Å². The van der Waals surface area contributed by atoms with Gasteiger partial charge in [-0.25, -0.2) is 9.48 Å². The number of carbonyl (C=O) groups is 2. The molecule has 2 aromatic rings. The molecule has 1 heterocycles. The molecular weight excluding hydrogens is 332 g/mol. The summed E-state index contributed by atoms with van der Waals surface area (Å²) >= 11 is 0. The first-order valence-electron chi connectivity index (χ1n) is 8.74. The number of urea groups is 1. The van der Waals surface area contributed by atoms with Gasteiger partial charge in [-0.15, -0.1) is 0 Å². The topological polar surface area (TPSA) is 85.2 Å². The van der Waals surface area contributed by atoms with Gasteiger partial charge in [-0.2, -0.15) is 5.10 Å². The van der Waals surface area contributed by atoms with E-state index < -0.39 is 0 Å². The summed E-state index contributed by atoms with van der Waals surface area (Å²) in [6.45, 7) is 8.24. The van der Waals surface area contributed by atoms with Crippen LogP contribution in [-0.2, 0) is 9.53 Å². The largest absolute Gasteiger partial charge is 0.466 e. The summed E-state index contributed by atoms with van der Waals surface area (Å²) in [5.74, 6) is -0.323. The Morgan fingerprint density at radius 2 is 2.00 bits per heavy atom. The van der Waals surface area contributed by atoms with E-state index in [9.17, 15) is 9.59 Å². The third-order valence-electron chi connectivity index (χ3n) is 4.13. The molecular formula is C19H26N4O3. The van der Waals surface area contributed by atoms with Crippen LogP contribution in [0.1, 0.15) is 43.1 Å². The Labute approximate surface area is 153 Å². The van der Waals surface area contributed by atoms with Crippen LogP contribution in [0.25, 0.3) is 5.69 Å². The van der Waals surface area contributed by atoms with E-state index in [2.05, 4.69) is 15.7 Å². The lowest BCUT2D eigenvalue weighted by Crippen LogP contribution is -2.38. The molecule has 2 amide bonds. The Hall–Kier alpha value is -2.83. The molecule has 0 aliphatic heterocycles. The predicted molar refractivity (Wildman–Crippen MR) is 99.2 cm³/mol. The second-order valence-electron chi connectivity index (χ2n) is 6.06. The first kappa shape index (κ1) is 19.5. The predicted octanol–water partition coefficient (Wildman–Crippen LogP) is 2.80. The molecule has 0 aliphatic rings. The minimum Gasteiger partial charge on any atom is -0.466 e. The van der Waals surface area contributed by atoms with Crippen molar-refractivity contribution < 1.29 is 14.3 Å². The molecule has 0 aliphatic carbocycles. The maximum absolute atomic E-state index is 12.0. The number of aryl methyl sites for hydroxylation is 1. The van der Waals surface area contributed by atoms with Gasteiger partial charge in [-0.05, 0) is 39.3 Å². The Morgan fingerprint density at radius 3 is 2.69 bits per heavy atom. The summed E-state index contributed by atoms with van der Waals surface area (Å²) < 4.78 is 6.70. The SMILES string of the molecule is CCOC(=O)CCNC(=O)NC(C)c1cnn(-c2ccccc2C)c1C. The number of nitrogens with one attached hydrogen (secondary N) is 2. The molecule has 1 aromatic heterocycles. The summed E-state index contributed by atoms with van der Waals surface area (Å²) in [4.78, 5) is 23.3. The van der Waals surface area contributed by atoms with Crippen LogP contribution in [0.2, 0.25) is 0 Å². The summed E-state index contributed by atoms with van der Waals surface area (Å²) in [6, 6.07) is 7.47. The number of nitrogens with zero attached hydrogens (tertiary/aromatic N) is 2. The van der Waals surface area contributed by atoms with E-state index in [-0.39, 0.29) is 31.0 Å². The first-order chi connectivity index (χ1) is 12.4. The fraction of sp³-hybridized carbons (Fsp3) is 0.421. The van der Waals surface area contributed by atoms with Crippen molar-refractivity contribution in [1.82, 2.24) is 20.4 Å². The Kier molecular flexibility index (Phi) is 6.77. The number of rotatable bonds is 7. The monoisotopic (exact) mass is 358 g/mol. The van der Waals surface area contributed by atoms with E-state index in [1.807, 2.05) is 49.7 Å². The molecule has 1 unspecified atom stereocenters. The summed E-state index contributed by atoms with van der Waals surface area (Å²) in [6.07, 6.45) is 1.92. The van der Waals surface area contributed by atoms with Crippen molar-refractivity contribution in [2.45, 2.75) is 40.2 Å². The second kappa shape index (κ2) is 9.03. The number of amides is 2. The smallest absolute Gasteiger partial charge is 0.315 e. The maximum Gasteiger partial charge on any atom is 0.315 e. The van der Waals surface area contributed by atoms with Crippen molar-refractivity contribution in [3.8, 4) is 5.69 Å². The van der Waals surface area contributed by atoms with Crippen LogP contribution < -0.4 is 10.6 Å². The summed E-state index contributed by atoms with van der Waals surface area (Å²) in [5.41, 5.74) is 4.05. The molecule has 26 heavy (non-hydrogen) atoms. The molecule has 0 fully saturated rings. The van der Waals surface area contributed by atoms with Crippen molar-refractivity contribution in [2.75, 3.05) is 13.2 Å². The van der Waals surface area contributed by atoms with Crippen LogP contribution in [0.15, 0.2) is 30.5 Å². The highest BCUT2D eigenvalue weighted by molar-refractivity contribution is 5.75. The van der Waals surface area contributed by atoms with Gasteiger partial charge in [-0.3, -0.25) is 4.79 Å². The lowest BCUT2D eigenvalue weighted by molar-refractivity contribution is -0.142. The lowest BCUT2D eigenvalue weighted by atomic mass is 10.1. The van der Waals surface area contributed by atoms with E-state index in [1.54, 1.807) is 13.1 Å². The molecule has 140 valence electrons. The van der Waals surface area contributed by atoms with Crippen molar-refractivity contribution in [3.63, 3.8) is 0 Å². The molecule has 2 rings (SSSR count). The molecule has 7 heteroatoms. The van der Waals surface area contributed by atoms with Gasteiger partial charge in [0, 0.05) is 17.8 Å². The third-order valence-corrected chi connectivity index (χ3v) is 4.13. The van der Waals surface area contributed by atoms with E-state index >= 15 is 0 Å². The van der Waals surface area contributed by atoms with E-state index in [0.29, 0.717) is 6.61 Å². The van der Waals surface area contributed by atoms with Crippen LogP contribution >= 0.6 is 0 Å². The number of benzene rings is 1. The van der Waals surface area contributed by atoms with Crippen molar-refractivity contribution in [2.24, 2.45) is 0 Å². The summed E-state index contributed by atoms with van der Waals surface area (Å²) in [7, 11) is 0. The van der Waals surface area contributed by atoms with Crippen molar-refractivity contribution >= 4 is 12.0 Å². The Morgan fingerprint density at radius 1 is 1.27 bits per heavy atom. The van der Waals surface area contributed by atoms with E-state index in [4.69, 9.17) is 4.74 Å². The number of carbonyl (C=O) groups excluding carboxylic acids is 2. The fourth-order valence-electron chi connectivity index (χ4n) is 2.73. The van der Waals surface area contributed by atoms with Crippen LogP contribution in [0, 0.1) is 13.8 Å². The maximum atomic E-state index is 12.0. The van der Waals surface area contributed by atoms with Crippen LogP contribution in [-0.4, -0.2) is 34.9 Å². The molecule has 0 saturated heterocycles. The zero-order valence-electron chi connectivity index (χ0n) is 15.7. The first-order valence-corrected chi connectivity index (χ1v) is 8.74. The van der Waals surface area contributed by atoms with Gasteiger partial charge in [0.2, 0.25) is 0 Å². The number of esters is 1. The van der Waals surface area contributed by atoms with Gasteiger partial charge in [-0.1, -0.05) is 18.2 Å². The molecule has 0 radical (unpaired) electrons. The van der Waals surface area contributed by atoms with Gasteiger partial charge < -0.3 is 15.4 Å². The Balaban J connectivity index is 1.96. The zero-order chi connectivity index (χ0) is 19.1. The van der Waals surface area contributed by atoms with E-state index in [1.165, 1.54) is 0 Å². The van der Waals surface area contributed by atoms with Crippen LogP contribution in [0.4, 0.5) is 4.79 Å². The van der Waals surface area contributed by atoms with Crippen LogP contribution in [0.3, 0.4) is 0 Å². The third kappa shape index (κ3) is 4.84. The van der Waals surface area contributed by atoms with Gasteiger partial charge in [0.1, 0.15) is 0 Å². The average Bonchev–Trinajstić information content (AvgIpc) is 2.97. The minimum absolute atomic E-state index is 0.153. The standard InChI is InChI=1S/C19H26N4O3/c1-5-26-18(24)10-11-20-19(25)22-14(3)16-12-21-23(15(16)4)17-9-7-6-8-13(17)2/h6-9,12,14H,5,10-11H2,1-4H3,(H2,20,22,25). The Bertz CT molecular complexity index is 770. The van der Waals surface area contributed by atoms with Gasteiger partial charge in [0.25, 0.3) is 0 Å². The summed E-state index contributed by atoms with van der Waals surface area (Å²) in [5, 5.41) is 9.99. The number of ether oxygens (including phenoxy) is 1. The highest BCUT2D eigenvalue weighted by Crippen LogP contribution is 2.21. The molecule has 0 spiro atoms. The molecule has 2 N–H and O–H groups in total. The van der Waals surface area contributed by atoms with Crippen LogP contribution in [0.5, 0.6) is 0 Å². The molecule has 0 saturated carbocycles. The second-order valence-corrected chi connectivity index (χ2v) is 6.06. The fourth-order valence-corrected chi connectivity index (χ4v) is 2.73. The quantitative estimate of drug-likeness (QED) is 0.745. The van der Waals surface area contributed by atoms with Crippen molar-refractivity contribution in [3.05, 3.63) is 47.3 Å². The average molecular weight is 358 g/mol. The normalized spacial score (nSPS) is 11.7. The number of hydrogen-bond acceptors (Lipinski definition) is 4. The van der Waals surface area contributed by atoms with Gasteiger partial charge >= 0.3 is 12.0 Å². The van der Waals surface area contributed by atoms with E-state index in [0.717, 1.165) is 22.5 Å². The molecule has 1 aromatic carbocycles. The molecule has 0 bridgehead atoms. The van der Waals surface area contributed by atoms with Gasteiger partial charge in [0.15, 0.2) is 0 Å². The minimum atomic E-state index is -0.329. The highest BCUT2D eigenvalue weighted by atomic mass is 16.5. The number of para-hydroxylation sites is 1.